The van der Waals surface area contributed by atoms with Crippen molar-refractivity contribution in [2.24, 2.45) is 0 Å². The van der Waals surface area contributed by atoms with Crippen LogP contribution in [-0.4, -0.2) is 16.5 Å². The fourth-order valence-electron chi connectivity index (χ4n) is 1.68. The Morgan fingerprint density at radius 2 is 2.05 bits per heavy atom. The van der Waals surface area contributed by atoms with Crippen LogP contribution in [0.15, 0.2) is 34.2 Å². The Morgan fingerprint density at radius 3 is 2.74 bits per heavy atom. The van der Waals surface area contributed by atoms with E-state index in [1.54, 1.807) is 6.07 Å². The number of nitrogens with zero attached hydrogens (tertiary/aromatic N) is 2. The Labute approximate surface area is 116 Å². The van der Waals surface area contributed by atoms with Crippen LogP contribution in [-0.2, 0) is 0 Å². The van der Waals surface area contributed by atoms with Crippen LogP contribution in [0.25, 0.3) is 0 Å². The van der Waals surface area contributed by atoms with Crippen LogP contribution >= 0.6 is 11.8 Å². The number of aryl methyl sites for hydroxylation is 1. The summed E-state index contributed by atoms with van der Waals surface area (Å²) in [7, 11) is 0. The molecule has 0 radical (unpaired) electrons. The minimum atomic E-state index is -0.236. The van der Waals surface area contributed by atoms with Gasteiger partial charge in [0.15, 0.2) is 0 Å². The molecule has 1 N–H and O–H groups in total. The van der Waals surface area contributed by atoms with Crippen LogP contribution in [0, 0.1) is 19.7 Å². The average Bonchev–Trinajstić information content (AvgIpc) is 2.35. The maximum Gasteiger partial charge on any atom is 0.133 e. The zero-order valence-corrected chi connectivity index (χ0v) is 12.0. The fourth-order valence-corrected chi connectivity index (χ4v) is 2.65. The molecule has 2 aromatic rings. The number of halogens is 1. The molecular formula is C14H16FN3S. The summed E-state index contributed by atoms with van der Waals surface area (Å²) >= 11 is 1.45. The zero-order valence-electron chi connectivity index (χ0n) is 11.2. The predicted molar refractivity (Wildman–Crippen MR) is 76.2 cm³/mol. The van der Waals surface area contributed by atoms with Gasteiger partial charge in [0.2, 0.25) is 0 Å². The highest BCUT2D eigenvalue weighted by Crippen LogP contribution is 2.31. The van der Waals surface area contributed by atoms with Crippen LogP contribution in [0.3, 0.4) is 0 Å². The quantitative estimate of drug-likeness (QED) is 0.862. The number of nitrogens with one attached hydrogen (secondary N) is 1. The predicted octanol–water partition coefficient (Wildman–Crippen LogP) is 3.82. The van der Waals surface area contributed by atoms with E-state index in [0.29, 0.717) is 5.82 Å². The lowest BCUT2D eigenvalue weighted by molar-refractivity contribution is 0.624. The van der Waals surface area contributed by atoms with Gasteiger partial charge in [-0.2, -0.15) is 0 Å². The van der Waals surface area contributed by atoms with Gasteiger partial charge in [-0.1, -0.05) is 17.8 Å². The number of benzene rings is 1. The normalized spacial score (nSPS) is 10.5. The smallest absolute Gasteiger partial charge is 0.133 e. The summed E-state index contributed by atoms with van der Waals surface area (Å²) < 4.78 is 13.2. The molecule has 1 heterocycles. The third-order valence-electron chi connectivity index (χ3n) is 2.57. The molecule has 2 rings (SSSR count). The standard InChI is InChI=1S/C14H16FN3S/c1-4-16-13-9(2)14(18-10(3)17-13)19-12-7-5-6-11(15)8-12/h5-8H,4H2,1-3H3,(H,16,17,18). The topological polar surface area (TPSA) is 37.8 Å². The first-order valence-electron chi connectivity index (χ1n) is 6.12. The number of anilines is 1. The summed E-state index contributed by atoms with van der Waals surface area (Å²) in [5, 5.41) is 4.07. The summed E-state index contributed by atoms with van der Waals surface area (Å²) in [5.41, 5.74) is 0.988. The maximum absolute atomic E-state index is 13.2. The molecule has 0 atom stereocenters. The van der Waals surface area contributed by atoms with Gasteiger partial charge in [-0.15, -0.1) is 0 Å². The highest BCUT2D eigenvalue weighted by molar-refractivity contribution is 7.99. The third-order valence-corrected chi connectivity index (χ3v) is 3.65. The zero-order chi connectivity index (χ0) is 13.8. The molecule has 0 fully saturated rings. The lowest BCUT2D eigenvalue weighted by Gasteiger charge is -2.11. The van der Waals surface area contributed by atoms with Crippen molar-refractivity contribution in [3.05, 3.63) is 41.5 Å². The number of rotatable bonds is 4. The summed E-state index contributed by atoms with van der Waals surface area (Å²) in [6, 6.07) is 6.52. The van der Waals surface area contributed by atoms with Crippen LogP contribution in [0.5, 0.6) is 0 Å². The van der Waals surface area contributed by atoms with Gasteiger partial charge in [-0.3, -0.25) is 0 Å². The Morgan fingerprint density at radius 1 is 1.26 bits per heavy atom. The van der Waals surface area contributed by atoms with Gasteiger partial charge >= 0.3 is 0 Å². The maximum atomic E-state index is 13.2. The van der Waals surface area contributed by atoms with E-state index in [4.69, 9.17) is 0 Å². The molecule has 0 bridgehead atoms. The largest absolute Gasteiger partial charge is 0.370 e. The number of aromatic nitrogens is 2. The molecular weight excluding hydrogens is 261 g/mol. The van der Waals surface area contributed by atoms with Crippen molar-refractivity contribution >= 4 is 17.6 Å². The molecule has 0 saturated heterocycles. The molecule has 0 saturated carbocycles. The SMILES string of the molecule is CCNc1nc(C)nc(Sc2cccc(F)c2)c1C. The second kappa shape index (κ2) is 6.02. The van der Waals surface area contributed by atoms with Gasteiger partial charge < -0.3 is 5.32 Å². The Bertz CT molecular complexity index is 587. The van der Waals surface area contributed by atoms with Gasteiger partial charge in [-0.05, 0) is 39.0 Å². The average molecular weight is 277 g/mol. The minimum Gasteiger partial charge on any atom is -0.370 e. The van der Waals surface area contributed by atoms with E-state index >= 15 is 0 Å². The molecule has 0 aliphatic heterocycles. The van der Waals surface area contributed by atoms with Crippen molar-refractivity contribution in [1.29, 1.82) is 0 Å². The Kier molecular flexibility index (Phi) is 4.37. The number of hydrogen-bond acceptors (Lipinski definition) is 4. The van der Waals surface area contributed by atoms with Crippen LogP contribution in [0.1, 0.15) is 18.3 Å². The molecule has 0 unspecified atom stereocenters. The van der Waals surface area contributed by atoms with E-state index in [1.165, 1.54) is 23.9 Å². The van der Waals surface area contributed by atoms with Gasteiger partial charge in [0.05, 0.1) is 0 Å². The first kappa shape index (κ1) is 13.8. The van der Waals surface area contributed by atoms with Gasteiger partial charge in [0.1, 0.15) is 22.5 Å². The minimum absolute atomic E-state index is 0.236. The van der Waals surface area contributed by atoms with Crippen molar-refractivity contribution < 1.29 is 4.39 Å². The van der Waals surface area contributed by atoms with Crippen LogP contribution in [0.4, 0.5) is 10.2 Å². The molecule has 3 nitrogen and oxygen atoms in total. The Balaban J connectivity index is 2.34. The van der Waals surface area contributed by atoms with Crippen molar-refractivity contribution in [2.45, 2.75) is 30.7 Å². The summed E-state index contributed by atoms with van der Waals surface area (Å²) in [4.78, 5) is 9.64. The molecule has 1 aromatic heterocycles. The molecule has 0 spiro atoms. The molecule has 5 heteroatoms. The van der Waals surface area contributed by atoms with Crippen molar-refractivity contribution in [3.63, 3.8) is 0 Å². The molecule has 0 amide bonds. The fraction of sp³-hybridized carbons (Fsp3) is 0.286. The first-order chi connectivity index (χ1) is 9.10. The molecule has 0 aliphatic carbocycles. The highest BCUT2D eigenvalue weighted by Gasteiger charge is 2.10. The summed E-state index contributed by atoms with van der Waals surface area (Å²) in [6.45, 7) is 6.66. The van der Waals surface area contributed by atoms with Gasteiger partial charge in [-0.25, -0.2) is 14.4 Å². The van der Waals surface area contributed by atoms with E-state index in [1.807, 2.05) is 26.8 Å². The van der Waals surface area contributed by atoms with E-state index in [-0.39, 0.29) is 5.82 Å². The van der Waals surface area contributed by atoms with E-state index in [2.05, 4.69) is 15.3 Å². The van der Waals surface area contributed by atoms with Crippen molar-refractivity contribution in [2.75, 3.05) is 11.9 Å². The Hall–Kier alpha value is -1.62. The second-order valence-electron chi connectivity index (χ2n) is 4.14. The summed E-state index contributed by atoms with van der Waals surface area (Å²) in [5.74, 6) is 1.31. The van der Waals surface area contributed by atoms with Crippen LogP contribution < -0.4 is 5.32 Å². The van der Waals surface area contributed by atoms with E-state index in [0.717, 1.165) is 27.8 Å². The monoisotopic (exact) mass is 277 g/mol. The lowest BCUT2D eigenvalue weighted by Crippen LogP contribution is -2.05. The summed E-state index contributed by atoms with van der Waals surface area (Å²) in [6.07, 6.45) is 0. The molecule has 100 valence electrons. The second-order valence-corrected chi connectivity index (χ2v) is 5.20. The molecule has 1 aromatic carbocycles. The van der Waals surface area contributed by atoms with Crippen molar-refractivity contribution in [3.8, 4) is 0 Å². The highest BCUT2D eigenvalue weighted by atomic mass is 32.2. The molecule has 19 heavy (non-hydrogen) atoms. The number of hydrogen-bond donors (Lipinski definition) is 1. The van der Waals surface area contributed by atoms with E-state index < -0.39 is 0 Å². The first-order valence-corrected chi connectivity index (χ1v) is 6.94. The van der Waals surface area contributed by atoms with E-state index in [9.17, 15) is 4.39 Å². The lowest BCUT2D eigenvalue weighted by atomic mass is 10.3. The van der Waals surface area contributed by atoms with Crippen molar-refractivity contribution in [1.82, 2.24) is 9.97 Å². The van der Waals surface area contributed by atoms with Gasteiger partial charge in [0, 0.05) is 17.0 Å². The molecule has 0 aliphatic rings. The van der Waals surface area contributed by atoms with Gasteiger partial charge in [0.25, 0.3) is 0 Å². The third kappa shape index (κ3) is 3.44. The van der Waals surface area contributed by atoms with Crippen LogP contribution in [0.2, 0.25) is 0 Å².